The number of nitrogens with one attached hydrogen (secondary N) is 2. The molecule has 3 N–H and O–H groups in total. The second-order valence-electron chi connectivity index (χ2n) is 4.38. The number of benzene rings is 1. The van der Waals surface area contributed by atoms with Crippen molar-refractivity contribution < 1.29 is 14.6 Å². The first kappa shape index (κ1) is 16.0. The number of aromatic amines is 1. The number of phenols is 1. The molecule has 0 atom stereocenters. The molecule has 0 saturated carbocycles. The number of aromatic nitrogens is 4. The summed E-state index contributed by atoms with van der Waals surface area (Å²) < 4.78 is 4.88. The van der Waals surface area contributed by atoms with Gasteiger partial charge in [-0.25, -0.2) is 0 Å². The SMILES string of the molecule is CCOC(=O)Cc1ccc(O)c(NC=C(C#N)c2nn[nH]n2)c1. The number of nitrogens with zero attached hydrogens (tertiary/aromatic N) is 4. The van der Waals surface area contributed by atoms with Crippen molar-refractivity contribution in [3.05, 3.63) is 35.8 Å². The Morgan fingerprint density at radius 1 is 1.57 bits per heavy atom. The molecule has 0 aliphatic rings. The van der Waals surface area contributed by atoms with Crippen LogP contribution in [0, 0.1) is 11.3 Å². The highest BCUT2D eigenvalue weighted by Gasteiger charge is 2.09. The number of hydrogen-bond acceptors (Lipinski definition) is 8. The number of ether oxygens (including phenoxy) is 1. The van der Waals surface area contributed by atoms with E-state index in [0.717, 1.165) is 0 Å². The number of carbonyl (C=O) groups excluding carboxylic acids is 1. The molecule has 0 radical (unpaired) electrons. The van der Waals surface area contributed by atoms with Crippen molar-refractivity contribution in [1.29, 1.82) is 5.26 Å². The summed E-state index contributed by atoms with van der Waals surface area (Å²) in [6, 6.07) is 6.57. The molecular formula is C14H14N6O3. The Kier molecular flexibility index (Phi) is 5.25. The fourth-order valence-electron chi connectivity index (χ4n) is 1.76. The third kappa shape index (κ3) is 4.28. The van der Waals surface area contributed by atoms with Crippen molar-refractivity contribution in [3.63, 3.8) is 0 Å². The normalized spacial score (nSPS) is 10.9. The number of rotatable bonds is 6. The quantitative estimate of drug-likeness (QED) is 0.408. The molecule has 2 rings (SSSR count). The topological polar surface area (TPSA) is 137 Å². The van der Waals surface area contributed by atoms with E-state index in [2.05, 4.69) is 25.9 Å². The van der Waals surface area contributed by atoms with E-state index in [4.69, 9.17) is 10.00 Å². The number of allylic oxidation sites excluding steroid dienone is 1. The van der Waals surface area contributed by atoms with Crippen molar-refractivity contribution in [2.45, 2.75) is 13.3 Å². The van der Waals surface area contributed by atoms with Crippen LogP contribution in [-0.4, -0.2) is 38.3 Å². The first-order chi connectivity index (χ1) is 11.1. The molecule has 0 unspecified atom stereocenters. The average molecular weight is 314 g/mol. The van der Waals surface area contributed by atoms with Crippen LogP contribution in [0.4, 0.5) is 5.69 Å². The lowest BCUT2D eigenvalue weighted by atomic mass is 10.1. The van der Waals surface area contributed by atoms with Crippen molar-refractivity contribution in [1.82, 2.24) is 20.6 Å². The molecule has 0 aliphatic heterocycles. The van der Waals surface area contributed by atoms with Gasteiger partial charge in [-0.15, -0.1) is 10.2 Å². The standard InChI is InChI=1S/C14H14N6O3/c1-2-23-13(22)6-9-3-4-12(21)11(5-9)16-8-10(7-15)14-17-19-20-18-14/h3-5,8,16,21H,2,6H2,1H3,(H,17,18,19,20). The lowest BCUT2D eigenvalue weighted by Gasteiger charge is -2.08. The van der Waals surface area contributed by atoms with Gasteiger partial charge < -0.3 is 15.2 Å². The lowest BCUT2D eigenvalue weighted by molar-refractivity contribution is -0.142. The molecule has 0 spiro atoms. The van der Waals surface area contributed by atoms with E-state index in [-0.39, 0.29) is 29.5 Å². The molecule has 0 bridgehead atoms. The van der Waals surface area contributed by atoms with Crippen LogP contribution >= 0.6 is 0 Å². The van der Waals surface area contributed by atoms with Gasteiger partial charge in [0.15, 0.2) is 0 Å². The molecule has 23 heavy (non-hydrogen) atoms. The van der Waals surface area contributed by atoms with Gasteiger partial charge in [0.05, 0.1) is 18.7 Å². The van der Waals surface area contributed by atoms with Crippen molar-refractivity contribution in [3.8, 4) is 11.8 Å². The molecule has 9 heteroatoms. The Labute approximate surface area is 131 Å². The summed E-state index contributed by atoms with van der Waals surface area (Å²) in [5, 5.41) is 34.7. The van der Waals surface area contributed by atoms with E-state index >= 15 is 0 Å². The predicted molar refractivity (Wildman–Crippen MR) is 79.8 cm³/mol. The Balaban J connectivity index is 2.16. The minimum atomic E-state index is -0.357. The van der Waals surface area contributed by atoms with E-state index < -0.39 is 0 Å². The molecule has 0 aliphatic carbocycles. The van der Waals surface area contributed by atoms with Gasteiger partial charge in [0, 0.05) is 6.20 Å². The highest BCUT2D eigenvalue weighted by molar-refractivity contribution is 5.76. The number of esters is 1. The number of nitriles is 1. The fraction of sp³-hybridized carbons (Fsp3) is 0.214. The molecule has 1 aromatic carbocycles. The first-order valence-electron chi connectivity index (χ1n) is 6.72. The smallest absolute Gasteiger partial charge is 0.310 e. The number of H-pyrrole nitrogens is 1. The Bertz CT molecular complexity index is 748. The Morgan fingerprint density at radius 2 is 2.39 bits per heavy atom. The molecule has 0 saturated heterocycles. The van der Waals surface area contributed by atoms with Gasteiger partial charge in [0.25, 0.3) is 0 Å². The van der Waals surface area contributed by atoms with Crippen LogP contribution in [0.3, 0.4) is 0 Å². The molecule has 2 aromatic rings. The van der Waals surface area contributed by atoms with Crippen LogP contribution in [0.15, 0.2) is 24.4 Å². The fourth-order valence-corrected chi connectivity index (χ4v) is 1.76. The van der Waals surface area contributed by atoms with Gasteiger partial charge in [0.2, 0.25) is 5.82 Å². The van der Waals surface area contributed by atoms with Crippen LogP contribution < -0.4 is 5.32 Å². The molecule has 118 valence electrons. The molecule has 0 amide bonds. The van der Waals surface area contributed by atoms with Crippen LogP contribution in [-0.2, 0) is 16.0 Å². The summed E-state index contributed by atoms with van der Waals surface area (Å²) in [5.74, 6) is -0.259. The monoisotopic (exact) mass is 314 g/mol. The average Bonchev–Trinajstić information content (AvgIpc) is 3.05. The minimum absolute atomic E-state index is 0.0285. The Hall–Kier alpha value is -3.41. The zero-order valence-corrected chi connectivity index (χ0v) is 12.3. The molecule has 1 heterocycles. The van der Waals surface area contributed by atoms with E-state index in [1.807, 2.05) is 6.07 Å². The highest BCUT2D eigenvalue weighted by Crippen LogP contribution is 2.25. The highest BCUT2D eigenvalue weighted by atomic mass is 16.5. The van der Waals surface area contributed by atoms with Crippen LogP contribution in [0.5, 0.6) is 5.75 Å². The van der Waals surface area contributed by atoms with Crippen LogP contribution in [0.1, 0.15) is 18.3 Å². The number of tetrazole rings is 1. The predicted octanol–water partition coefficient (Wildman–Crippen LogP) is 0.987. The van der Waals surface area contributed by atoms with E-state index in [9.17, 15) is 9.90 Å². The minimum Gasteiger partial charge on any atom is -0.506 e. The van der Waals surface area contributed by atoms with Gasteiger partial charge in [-0.2, -0.15) is 10.5 Å². The maximum absolute atomic E-state index is 11.5. The third-order valence-electron chi connectivity index (χ3n) is 2.79. The van der Waals surface area contributed by atoms with Gasteiger partial charge in [0.1, 0.15) is 17.4 Å². The number of phenolic OH excluding ortho intramolecular Hbond substituents is 1. The number of aromatic hydroxyl groups is 1. The van der Waals surface area contributed by atoms with E-state index in [1.165, 1.54) is 12.3 Å². The largest absolute Gasteiger partial charge is 0.506 e. The van der Waals surface area contributed by atoms with Crippen LogP contribution in [0.25, 0.3) is 5.57 Å². The summed E-state index contributed by atoms with van der Waals surface area (Å²) >= 11 is 0. The summed E-state index contributed by atoms with van der Waals surface area (Å²) in [5.41, 5.74) is 1.13. The maximum atomic E-state index is 11.5. The van der Waals surface area contributed by atoms with Gasteiger partial charge in [-0.1, -0.05) is 6.07 Å². The Morgan fingerprint density at radius 3 is 3.04 bits per heavy atom. The summed E-state index contributed by atoms with van der Waals surface area (Å²) in [6.07, 6.45) is 1.43. The summed E-state index contributed by atoms with van der Waals surface area (Å²) in [7, 11) is 0. The van der Waals surface area contributed by atoms with Crippen molar-refractivity contribution in [2.24, 2.45) is 0 Å². The van der Waals surface area contributed by atoms with Crippen LogP contribution in [0.2, 0.25) is 0 Å². The van der Waals surface area contributed by atoms with E-state index in [0.29, 0.717) is 17.9 Å². The second-order valence-corrected chi connectivity index (χ2v) is 4.38. The maximum Gasteiger partial charge on any atom is 0.310 e. The summed E-state index contributed by atoms with van der Waals surface area (Å²) in [6.45, 7) is 2.04. The second kappa shape index (κ2) is 7.56. The molecular weight excluding hydrogens is 300 g/mol. The number of hydrogen-bond donors (Lipinski definition) is 3. The zero-order valence-electron chi connectivity index (χ0n) is 12.3. The van der Waals surface area contributed by atoms with Gasteiger partial charge in [-0.05, 0) is 29.8 Å². The van der Waals surface area contributed by atoms with E-state index in [1.54, 1.807) is 19.1 Å². The number of anilines is 1. The third-order valence-corrected chi connectivity index (χ3v) is 2.79. The molecule has 9 nitrogen and oxygen atoms in total. The zero-order chi connectivity index (χ0) is 16.7. The number of carbonyl (C=O) groups is 1. The van der Waals surface area contributed by atoms with Crippen molar-refractivity contribution in [2.75, 3.05) is 11.9 Å². The molecule has 0 fully saturated rings. The van der Waals surface area contributed by atoms with Crippen molar-refractivity contribution >= 4 is 17.2 Å². The van der Waals surface area contributed by atoms with Gasteiger partial charge >= 0.3 is 5.97 Å². The molecule has 1 aromatic heterocycles. The van der Waals surface area contributed by atoms with Gasteiger partial charge in [-0.3, -0.25) is 4.79 Å². The summed E-state index contributed by atoms with van der Waals surface area (Å²) in [4.78, 5) is 11.5. The lowest BCUT2D eigenvalue weighted by Crippen LogP contribution is -2.07. The first-order valence-corrected chi connectivity index (χ1v) is 6.72.